The molecule has 2 aromatic rings. The summed E-state index contributed by atoms with van der Waals surface area (Å²) in [6, 6.07) is 14.7. The third kappa shape index (κ3) is 5.32. The van der Waals surface area contributed by atoms with Crippen LogP contribution in [0.25, 0.3) is 0 Å². The molecule has 1 aliphatic rings. The average Bonchev–Trinajstić information content (AvgIpc) is 3.16. The Morgan fingerprint density at radius 2 is 1.71 bits per heavy atom. The summed E-state index contributed by atoms with van der Waals surface area (Å²) in [7, 11) is 0. The molecule has 0 bridgehead atoms. The molecule has 1 saturated heterocycles. The molecule has 1 heterocycles. The Balaban J connectivity index is 1.62. The first-order valence-electron chi connectivity index (χ1n) is 10.9. The number of carbonyl (C=O) groups excluding carboxylic acids is 3. The Kier molecular flexibility index (Phi) is 7.10. The van der Waals surface area contributed by atoms with Gasteiger partial charge in [-0.15, -0.1) is 0 Å². The van der Waals surface area contributed by atoms with Crippen molar-refractivity contribution in [2.24, 2.45) is 5.92 Å². The molecular formula is C25H31N3O3. The van der Waals surface area contributed by atoms with Crippen molar-refractivity contribution in [3.63, 3.8) is 0 Å². The van der Waals surface area contributed by atoms with Crippen molar-refractivity contribution in [2.45, 2.75) is 52.5 Å². The molecule has 3 rings (SSSR count). The summed E-state index contributed by atoms with van der Waals surface area (Å²) in [5.74, 6) is -0.350. The predicted octanol–water partition coefficient (Wildman–Crippen LogP) is 4.65. The van der Waals surface area contributed by atoms with Gasteiger partial charge in [-0.05, 0) is 62.1 Å². The number of rotatable bonds is 7. The number of amides is 3. The lowest BCUT2D eigenvalue weighted by atomic mass is 9.97. The van der Waals surface area contributed by atoms with Crippen LogP contribution in [0.3, 0.4) is 0 Å². The van der Waals surface area contributed by atoms with Crippen LogP contribution in [0.1, 0.15) is 62.4 Å². The standard InChI is InChI=1S/C25H31N3O3/c1-5-17(4)21-8-6-7-9-22(21)27-24(30)18-10-12-20(13-11-18)26-25(31)19-14-23(29)28(15-19)16(2)3/h6-13,16-17,19H,5,14-15H2,1-4H3,(H,26,31)(H,27,30). The lowest BCUT2D eigenvalue weighted by Gasteiger charge is -2.20. The average molecular weight is 422 g/mol. The fraction of sp³-hybridized carbons (Fsp3) is 0.400. The Morgan fingerprint density at radius 3 is 2.32 bits per heavy atom. The molecule has 2 atom stereocenters. The number of nitrogens with zero attached hydrogens (tertiary/aromatic N) is 1. The molecular weight excluding hydrogens is 390 g/mol. The lowest BCUT2D eigenvalue weighted by Crippen LogP contribution is -2.33. The number of hydrogen-bond acceptors (Lipinski definition) is 3. The maximum atomic E-state index is 12.7. The zero-order valence-electron chi connectivity index (χ0n) is 18.6. The highest BCUT2D eigenvalue weighted by molar-refractivity contribution is 6.05. The lowest BCUT2D eigenvalue weighted by molar-refractivity contribution is -0.129. The van der Waals surface area contributed by atoms with Crippen molar-refractivity contribution in [2.75, 3.05) is 17.2 Å². The van der Waals surface area contributed by atoms with Gasteiger partial charge in [-0.25, -0.2) is 0 Å². The first-order valence-corrected chi connectivity index (χ1v) is 10.9. The van der Waals surface area contributed by atoms with Gasteiger partial charge in [0.1, 0.15) is 0 Å². The molecule has 0 aliphatic carbocycles. The van der Waals surface area contributed by atoms with Crippen LogP contribution in [-0.2, 0) is 9.59 Å². The molecule has 6 heteroatoms. The summed E-state index contributed by atoms with van der Waals surface area (Å²) >= 11 is 0. The van der Waals surface area contributed by atoms with Gasteiger partial charge in [-0.1, -0.05) is 32.0 Å². The summed E-state index contributed by atoms with van der Waals surface area (Å²) in [6.45, 7) is 8.60. The van der Waals surface area contributed by atoms with E-state index in [1.165, 1.54) is 0 Å². The maximum Gasteiger partial charge on any atom is 0.255 e. The van der Waals surface area contributed by atoms with Gasteiger partial charge in [-0.3, -0.25) is 14.4 Å². The van der Waals surface area contributed by atoms with Gasteiger partial charge in [-0.2, -0.15) is 0 Å². The fourth-order valence-corrected chi connectivity index (χ4v) is 3.81. The molecule has 0 radical (unpaired) electrons. The Labute approximate surface area is 184 Å². The molecule has 1 aliphatic heterocycles. The van der Waals surface area contributed by atoms with Crippen LogP contribution in [0.4, 0.5) is 11.4 Å². The van der Waals surface area contributed by atoms with E-state index in [4.69, 9.17) is 0 Å². The largest absolute Gasteiger partial charge is 0.339 e. The van der Waals surface area contributed by atoms with E-state index in [1.54, 1.807) is 29.2 Å². The van der Waals surface area contributed by atoms with E-state index in [0.29, 0.717) is 23.7 Å². The number of benzene rings is 2. The highest BCUT2D eigenvalue weighted by atomic mass is 16.2. The molecule has 2 aromatic carbocycles. The SMILES string of the molecule is CCC(C)c1ccccc1NC(=O)c1ccc(NC(=O)C2CC(=O)N(C(C)C)C2)cc1. The van der Waals surface area contributed by atoms with Crippen molar-refractivity contribution >= 4 is 29.1 Å². The van der Waals surface area contributed by atoms with Gasteiger partial charge in [0, 0.05) is 35.9 Å². The number of anilines is 2. The van der Waals surface area contributed by atoms with Crippen molar-refractivity contribution < 1.29 is 14.4 Å². The quantitative estimate of drug-likeness (QED) is 0.683. The molecule has 0 spiro atoms. The predicted molar refractivity (Wildman–Crippen MR) is 123 cm³/mol. The van der Waals surface area contributed by atoms with E-state index in [0.717, 1.165) is 17.7 Å². The minimum atomic E-state index is -0.352. The molecule has 1 fully saturated rings. The smallest absolute Gasteiger partial charge is 0.255 e. The van der Waals surface area contributed by atoms with Crippen molar-refractivity contribution in [3.05, 3.63) is 59.7 Å². The van der Waals surface area contributed by atoms with Gasteiger partial charge in [0.2, 0.25) is 11.8 Å². The molecule has 6 nitrogen and oxygen atoms in total. The minimum absolute atomic E-state index is 0.0137. The topological polar surface area (TPSA) is 78.5 Å². The molecule has 31 heavy (non-hydrogen) atoms. The van der Waals surface area contributed by atoms with E-state index in [-0.39, 0.29) is 36.1 Å². The van der Waals surface area contributed by atoms with Gasteiger partial charge in [0.05, 0.1) is 5.92 Å². The molecule has 2 N–H and O–H groups in total. The van der Waals surface area contributed by atoms with Crippen LogP contribution in [0.15, 0.2) is 48.5 Å². The van der Waals surface area contributed by atoms with Gasteiger partial charge < -0.3 is 15.5 Å². The second-order valence-electron chi connectivity index (χ2n) is 8.46. The third-order valence-electron chi connectivity index (χ3n) is 5.92. The molecule has 0 saturated carbocycles. The van der Waals surface area contributed by atoms with E-state index in [9.17, 15) is 14.4 Å². The molecule has 164 valence electrons. The zero-order valence-corrected chi connectivity index (χ0v) is 18.6. The number of likely N-dealkylation sites (tertiary alicyclic amines) is 1. The van der Waals surface area contributed by atoms with Crippen molar-refractivity contribution in [1.29, 1.82) is 0 Å². The van der Waals surface area contributed by atoms with Gasteiger partial charge in [0.15, 0.2) is 0 Å². The van der Waals surface area contributed by atoms with E-state index in [1.807, 2.05) is 38.1 Å². The molecule has 0 aromatic heterocycles. The third-order valence-corrected chi connectivity index (χ3v) is 5.92. The summed E-state index contributed by atoms with van der Waals surface area (Å²) in [5.41, 5.74) is 3.06. The first-order chi connectivity index (χ1) is 14.8. The number of hydrogen-bond donors (Lipinski definition) is 2. The molecule has 3 amide bonds. The summed E-state index contributed by atoms with van der Waals surface area (Å²) in [5, 5.41) is 5.86. The number of carbonyl (C=O) groups is 3. The number of para-hydroxylation sites is 1. The van der Waals surface area contributed by atoms with E-state index < -0.39 is 0 Å². The Bertz CT molecular complexity index is 953. The summed E-state index contributed by atoms with van der Waals surface area (Å²) in [4.78, 5) is 39.0. The zero-order chi connectivity index (χ0) is 22.5. The summed E-state index contributed by atoms with van der Waals surface area (Å²) in [6.07, 6.45) is 1.23. The second-order valence-corrected chi connectivity index (χ2v) is 8.46. The van der Waals surface area contributed by atoms with E-state index >= 15 is 0 Å². The van der Waals surface area contributed by atoms with Gasteiger partial charge >= 0.3 is 0 Å². The minimum Gasteiger partial charge on any atom is -0.339 e. The summed E-state index contributed by atoms with van der Waals surface area (Å²) < 4.78 is 0. The van der Waals surface area contributed by atoms with Gasteiger partial charge in [0.25, 0.3) is 5.91 Å². The van der Waals surface area contributed by atoms with Crippen LogP contribution in [0.2, 0.25) is 0 Å². The maximum absolute atomic E-state index is 12.7. The van der Waals surface area contributed by atoms with Crippen molar-refractivity contribution in [1.82, 2.24) is 4.90 Å². The van der Waals surface area contributed by atoms with E-state index in [2.05, 4.69) is 24.5 Å². The monoisotopic (exact) mass is 421 g/mol. The normalized spacial score (nSPS) is 17.0. The fourth-order valence-electron chi connectivity index (χ4n) is 3.81. The Hall–Kier alpha value is -3.15. The second kappa shape index (κ2) is 9.77. The molecule has 2 unspecified atom stereocenters. The van der Waals surface area contributed by atoms with Crippen LogP contribution in [0, 0.1) is 5.92 Å². The highest BCUT2D eigenvalue weighted by Gasteiger charge is 2.35. The first kappa shape index (κ1) is 22.5. The Morgan fingerprint density at radius 1 is 1.03 bits per heavy atom. The number of nitrogens with one attached hydrogen (secondary N) is 2. The van der Waals surface area contributed by atoms with Crippen LogP contribution in [0.5, 0.6) is 0 Å². The van der Waals surface area contributed by atoms with Crippen LogP contribution >= 0.6 is 0 Å². The van der Waals surface area contributed by atoms with Crippen molar-refractivity contribution in [3.8, 4) is 0 Å². The highest BCUT2D eigenvalue weighted by Crippen LogP contribution is 2.27. The van der Waals surface area contributed by atoms with Crippen LogP contribution < -0.4 is 10.6 Å². The van der Waals surface area contributed by atoms with Crippen LogP contribution in [-0.4, -0.2) is 35.2 Å².